The molecule has 4 nitrogen and oxygen atoms in total. The number of carbonyl (C=O) groups is 1. The Balaban J connectivity index is 3.51. The molecule has 0 aliphatic rings. The lowest BCUT2D eigenvalue weighted by Gasteiger charge is -2.05. The molecule has 0 aromatic heterocycles. The summed E-state index contributed by atoms with van der Waals surface area (Å²) >= 11 is 0. The van der Waals surface area contributed by atoms with Gasteiger partial charge >= 0.3 is 0 Å². The van der Waals surface area contributed by atoms with Gasteiger partial charge < -0.3 is 15.5 Å². The Morgan fingerprint density at radius 3 is 2.82 bits per heavy atom. The summed E-state index contributed by atoms with van der Waals surface area (Å²) in [5.41, 5.74) is 0. The van der Waals surface area contributed by atoms with E-state index >= 15 is 0 Å². The molecule has 11 heavy (non-hydrogen) atoms. The van der Waals surface area contributed by atoms with Crippen LogP contribution < -0.4 is 5.32 Å². The molecule has 0 heterocycles. The molecule has 4 heteroatoms. The SMILES string of the molecule is CC#CC(=O)NCC(O)CO. The van der Waals surface area contributed by atoms with Crippen LogP contribution in [0.1, 0.15) is 6.92 Å². The Morgan fingerprint density at radius 2 is 2.36 bits per heavy atom. The fourth-order valence-corrected chi connectivity index (χ4v) is 0.433. The van der Waals surface area contributed by atoms with E-state index in [0.29, 0.717) is 0 Å². The molecule has 1 unspecified atom stereocenters. The zero-order valence-corrected chi connectivity index (χ0v) is 6.29. The molecule has 0 fully saturated rings. The van der Waals surface area contributed by atoms with Gasteiger partial charge in [0.05, 0.1) is 12.7 Å². The molecule has 0 aromatic carbocycles. The molecule has 1 amide bonds. The first-order valence-corrected chi connectivity index (χ1v) is 3.20. The molecule has 0 bridgehead atoms. The number of aliphatic hydroxyl groups excluding tert-OH is 2. The Bertz CT molecular complexity index is 180. The zero-order valence-electron chi connectivity index (χ0n) is 6.29. The minimum Gasteiger partial charge on any atom is -0.394 e. The van der Waals surface area contributed by atoms with Gasteiger partial charge in [0.1, 0.15) is 0 Å². The highest BCUT2D eigenvalue weighted by Gasteiger charge is 2.01. The average Bonchev–Trinajstić information content (AvgIpc) is 2.01. The highest BCUT2D eigenvalue weighted by molar-refractivity contribution is 5.93. The molecule has 1 atom stereocenters. The maximum absolute atomic E-state index is 10.6. The van der Waals surface area contributed by atoms with Crippen molar-refractivity contribution in [2.24, 2.45) is 0 Å². The maximum atomic E-state index is 10.6. The second-order valence-corrected chi connectivity index (χ2v) is 1.92. The van der Waals surface area contributed by atoms with Crippen molar-refractivity contribution < 1.29 is 15.0 Å². The smallest absolute Gasteiger partial charge is 0.295 e. The van der Waals surface area contributed by atoms with Crippen molar-refractivity contribution in [2.45, 2.75) is 13.0 Å². The third-order valence-electron chi connectivity index (χ3n) is 0.948. The minimum absolute atomic E-state index is 0.0318. The summed E-state index contributed by atoms with van der Waals surface area (Å²) in [6.07, 6.45) is -0.905. The van der Waals surface area contributed by atoms with Crippen LogP contribution in [-0.4, -0.2) is 35.4 Å². The summed E-state index contributed by atoms with van der Waals surface area (Å²) in [4.78, 5) is 10.6. The van der Waals surface area contributed by atoms with Crippen molar-refractivity contribution in [3.8, 4) is 11.8 Å². The summed E-state index contributed by atoms with van der Waals surface area (Å²) in [5, 5.41) is 19.4. The first kappa shape index (κ1) is 9.95. The predicted octanol–water partition coefficient (Wildman–Crippen LogP) is -1.52. The van der Waals surface area contributed by atoms with Crippen molar-refractivity contribution >= 4 is 5.91 Å². The van der Waals surface area contributed by atoms with Gasteiger partial charge in [-0.05, 0) is 12.8 Å². The molecule has 0 saturated heterocycles. The monoisotopic (exact) mass is 157 g/mol. The van der Waals surface area contributed by atoms with E-state index in [1.54, 1.807) is 6.92 Å². The lowest BCUT2D eigenvalue weighted by atomic mass is 10.4. The fraction of sp³-hybridized carbons (Fsp3) is 0.571. The van der Waals surface area contributed by atoms with E-state index in [1.807, 2.05) is 0 Å². The second kappa shape index (κ2) is 5.71. The fourth-order valence-electron chi connectivity index (χ4n) is 0.433. The van der Waals surface area contributed by atoms with Crippen LogP contribution in [0.15, 0.2) is 0 Å². The van der Waals surface area contributed by atoms with Crippen LogP contribution in [0.5, 0.6) is 0 Å². The molecular weight excluding hydrogens is 146 g/mol. The van der Waals surface area contributed by atoms with Crippen LogP contribution >= 0.6 is 0 Å². The molecule has 0 rings (SSSR count). The lowest BCUT2D eigenvalue weighted by molar-refractivity contribution is -0.116. The zero-order chi connectivity index (χ0) is 8.69. The molecule has 0 aromatic rings. The topological polar surface area (TPSA) is 69.6 Å². The van der Waals surface area contributed by atoms with Crippen molar-refractivity contribution in [1.29, 1.82) is 0 Å². The Hall–Kier alpha value is -1.05. The first-order valence-electron chi connectivity index (χ1n) is 3.20. The third kappa shape index (κ3) is 5.40. The minimum atomic E-state index is -0.905. The van der Waals surface area contributed by atoms with Crippen LogP contribution in [-0.2, 0) is 4.79 Å². The number of nitrogens with one attached hydrogen (secondary N) is 1. The molecule has 3 N–H and O–H groups in total. The first-order chi connectivity index (χ1) is 5.20. The Kier molecular flexibility index (Phi) is 5.17. The summed E-state index contributed by atoms with van der Waals surface area (Å²) in [7, 11) is 0. The van der Waals surface area contributed by atoms with E-state index in [0.717, 1.165) is 0 Å². The van der Waals surface area contributed by atoms with E-state index < -0.39 is 12.0 Å². The molecule has 0 aliphatic heterocycles. The predicted molar refractivity (Wildman–Crippen MR) is 39.6 cm³/mol. The molecule has 0 aliphatic carbocycles. The summed E-state index contributed by atoms with van der Waals surface area (Å²) < 4.78 is 0. The standard InChI is InChI=1S/C7H11NO3/c1-2-3-7(11)8-4-6(10)5-9/h6,9-10H,4-5H2,1H3,(H,8,11). The number of hydrogen-bond acceptors (Lipinski definition) is 3. The van der Waals surface area contributed by atoms with Gasteiger partial charge in [0.2, 0.25) is 0 Å². The van der Waals surface area contributed by atoms with Crippen molar-refractivity contribution in [3.05, 3.63) is 0 Å². The van der Waals surface area contributed by atoms with E-state index in [-0.39, 0.29) is 13.2 Å². The number of rotatable bonds is 3. The van der Waals surface area contributed by atoms with Gasteiger partial charge in [-0.15, -0.1) is 0 Å². The van der Waals surface area contributed by atoms with Crippen LogP contribution in [0.3, 0.4) is 0 Å². The number of carbonyl (C=O) groups excluding carboxylic acids is 1. The molecule has 0 saturated carbocycles. The highest BCUT2D eigenvalue weighted by atomic mass is 16.3. The van der Waals surface area contributed by atoms with Gasteiger partial charge in [-0.1, -0.05) is 5.92 Å². The van der Waals surface area contributed by atoms with Crippen LogP contribution in [0.25, 0.3) is 0 Å². The molecule has 0 radical (unpaired) electrons. The Morgan fingerprint density at radius 1 is 1.73 bits per heavy atom. The lowest BCUT2D eigenvalue weighted by Crippen LogP contribution is -2.33. The van der Waals surface area contributed by atoms with E-state index in [9.17, 15) is 4.79 Å². The quantitative estimate of drug-likeness (QED) is 0.436. The largest absolute Gasteiger partial charge is 0.394 e. The van der Waals surface area contributed by atoms with Crippen molar-refractivity contribution in [2.75, 3.05) is 13.2 Å². The number of hydrogen-bond donors (Lipinski definition) is 3. The third-order valence-corrected chi connectivity index (χ3v) is 0.948. The number of aliphatic hydroxyl groups is 2. The van der Waals surface area contributed by atoms with Gasteiger partial charge in [-0.2, -0.15) is 0 Å². The highest BCUT2D eigenvalue weighted by Crippen LogP contribution is 1.75. The van der Waals surface area contributed by atoms with Crippen LogP contribution in [0.4, 0.5) is 0 Å². The van der Waals surface area contributed by atoms with E-state index in [2.05, 4.69) is 17.2 Å². The molecular formula is C7H11NO3. The average molecular weight is 157 g/mol. The molecule has 0 spiro atoms. The van der Waals surface area contributed by atoms with Gasteiger partial charge in [0.15, 0.2) is 0 Å². The van der Waals surface area contributed by atoms with E-state index in [1.165, 1.54) is 0 Å². The maximum Gasteiger partial charge on any atom is 0.295 e. The normalized spacial score (nSPS) is 11.2. The van der Waals surface area contributed by atoms with Gasteiger partial charge in [0, 0.05) is 6.54 Å². The van der Waals surface area contributed by atoms with Crippen molar-refractivity contribution in [3.63, 3.8) is 0 Å². The molecule has 62 valence electrons. The Labute approximate surface area is 65.2 Å². The van der Waals surface area contributed by atoms with Crippen molar-refractivity contribution in [1.82, 2.24) is 5.32 Å². The summed E-state index contributed by atoms with van der Waals surface area (Å²) in [6, 6.07) is 0. The van der Waals surface area contributed by atoms with Crippen LogP contribution in [0.2, 0.25) is 0 Å². The van der Waals surface area contributed by atoms with Gasteiger partial charge in [-0.3, -0.25) is 4.79 Å². The van der Waals surface area contributed by atoms with Gasteiger partial charge in [0.25, 0.3) is 5.91 Å². The van der Waals surface area contributed by atoms with E-state index in [4.69, 9.17) is 10.2 Å². The van der Waals surface area contributed by atoms with Crippen LogP contribution in [0, 0.1) is 11.8 Å². The summed E-state index contributed by atoms with van der Waals surface area (Å²) in [5.74, 6) is 4.19. The second-order valence-electron chi connectivity index (χ2n) is 1.92. The number of amides is 1. The van der Waals surface area contributed by atoms with Gasteiger partial charge in [-0.25, -0.2) is 0 Å². The summed E-state index contributed by atoms with van der Waals surface area (Å²) in [6.45, 7) is 1.21.